The van der Waals surface area contributed by atoms with E-state index in [1.165, 1.54) is 96.3 Å². The summed E-state index contributed by atoms with van der Waals surface area (Å²) in [5.41, 5.74) is 0. The molecule has 1 aliphatic rings. The molecule has 126 valence electrons. The van der Waals surface area contributed by atoms with Crippen LogP contribution < -0.4 is 0 Å². The van der Waals surface area contributed by atoms with E-state index in [4.69, 9.17) is 4.74 Å². The van der Waals surface area contributed by atoms with Crippen LogP contribution in [0.5, 0.6) is 0 Å². The summed E-state index contributed by atoms with van der Waals surface area (Å²) in [6.45, 7) is 5.71. The molecular formula is C20H40O. The van der Waals surface area contributed by atoms with Crippen molar-refractivity contribution in [2.45, 2.75) is 116 Å². The first-order chi connectivity index (χ1) is 10.3. The van der Waals surface area contributed by atoms with Crippen molar-refractivity contribution in [1.82, 2.24) is 0 Å². The molecule has 1 fully saturated rings. The van der Waals surface area contributed by atoms with E-state index in [1.807, 2.05) is 0 Å². The van der Waals surface area contributed by atoms with Gasteiger partial charge < -0.3 is 4.74 Å². The molecule has 1 nitrogen and oxygen atoms in total. The quantitative estimate of drug-likeness (QED) is 0.223. The minimum atomic E-state index is 0.648. The van der Waals surface area contributed by atoms with Crippen LogP contribution in [0.1, 0.15) is 110 Å². The lowest BCUT2D eigenvalue weighted by atomic mass is 10.0. The van der Waals surface area contributed by atoms with Crippen LogP contribution in [0.15, 0.2) is 0 Å². The van der Waals surface area contributed by atoms with E-state index in [0.717, 1.165) is 12.5 Å². The summed E-state index contributed by atoms with van der Waals surface area (Å²) < 4.78 is 5.23. The molecule has 0 amide bonds. The Morgan fingerprint density at radius 1 is 0.667 bits per heavy atom. The van der Waals surface area contributed by atoms with Crippen LogP contribution in [0.2, 0.25) is 0 Å². The molecule has 1 atom stereocenters. The van der Waals surface area contributed by atoms with Gasteiger partial charge in [-0.2, -0.15) is 0 Å². The molecule has 1 unspecified atom stereocenters. The molecule has 1 rings (SSSR count). The van der Waals surface area contributed by atoms with E-state index in [2.05, 4.69) is 13.8 Å². The Labute approximate surface area is 134 Å². The topological polar surface area (TPSA) is 12.5 Å². The van der Waals surface area contributed by atoms with Gasteiger partial charge in [0.25, 0.3) is 0 Å². The molecule has 0 aromatic heterocycles. The fraction of sp³-hybridized carbons (Fsp3) is 1.00. The Hall–Kier alpha value is -0.0400. The van der Waals surface area contributed by atoms with E-state index < -0.39 is 0 Å². The lowest BCUT2D eigenvalue weighted by molar-refractivity contribution is 0.387. The Morgan fingerprint density at radius 3 is 1.43 bits per heavy atom. The van der Waals surface area contributed by atoms with Crippen molar-refractivity contribution in [3.63, 3.8) is 0 Å². The van der Waals surface area contributed by atoms with Gasteiger partial charge in [-0.25, -0.2) is 0 Å². The zero-order valence-electron chi connectivity index (χ0n) is 14.9. The standard InChI is InChI=1S/C20H40O/c1-19(2)16-14-12-10-8-6-4-3-5-7-9-11-13-15-17-20-18-21-20/h19-20H,3-18H2,1-2H3. The normalized spacial score (nSPS) is 17.6. The maximum absolute atomic E-state index is 5.23. The first-order valence-electron chi connectivity index (χ1n) is 9.90. The fourth-order valence-electron chi connectivity index (χ4n) is 3.10. The average molecular weight is 297 g/mol. The van der Waals surface area contributed by atoms with Crippen LogP contribution in [0.3, 0.4) is 0 Å². The predicted molar refractivity (Wildman–Crippen MR) is 93.8 cm³/mol. The number of rotatable bonds is 16. The maximum Gasteiger partial charge on any atom is 0.0810 e. The van der Waals surface area contributed by atoms with Gasteiger partial charge in [-0.1, -0.05) is 104 Å². The van der Waals surface area contributed by atoms with Crippen molar-refractivity contribution in [2.24, 2.45) is 5.92 Å². The monoisotopic (exact) mass is 296 g/mol. The van der Waals surface area contributed by atoms with Gasteiger partial charge in [0.05, 0.1) is 12.7 Å². The number of hydrogen-bond donors (Lipinski definition) is 0. The van der Waals surface area contributed by atoms with Gasteiger partial charge in [0.2, 0.25) is 0 Å². The summed E-state index contributed by atoms with van der Waals surface area (Å²) in [4.78, 5) is 0. The van der Waals surface area contributed by atoms with Gasteiger partial charge in [-0.05, 0) is 12.3 Å². The zero-order chi connectivity index (χ0) is 15.2. The van der Waals surface area contributed by atoms with Gasteiger partial charge in [0.1, 0.15) is 0 Å². The van der Waals surface area contributed by atoms with E-state index in [9.17, 15) is 0 Å². The second-order valence-corrected chi connectivity index (χ2v) is 7.52. The molecule has 21 heavy (non-hydrogen) atoms. The summed E-state index contributed by atoms with van der Waals surface area (Å²) in [6, 6.07) is 0. The van der Waals surface area contributed by atoms with Gasteiger partial charge in [-0.3, -0.25) is 0 Å². The molecule has 1 saturated heterocycles. The van der Waals surface area contributed by atoms with Crippen molar-refractivity contribution in [3.8, 4) is 0 Å². The molecule has 0 aromatic rings. The molecule has 0 spiro atoms. The van der Waals surface area contributed by atoms with Crippen LogP contribution in [0.4, 0.5) is 0 Å². The number of epoxide rings is 1. The Balaban J connectivity index is 1.61. The second-order valence-electron chi connectivity index (χ2n) is 7.52. The summed E-state index contributed by atoms with van der Waals surface area (Å²) in [6.07, 6.45) is 22.3. The highest BCUT2D eigenvalue weighted by atomic mass is 16.6. The summed E-state index contributed by atoms with van der Waals surface area (Å²) in [7, 11) is 0. The summed E-state index contributed by atoms with van der Waals surface area (Å²) >= 11 is 0. The molecule has 1 heteroatoms. The van der Waals surface area contributed by atoms with Crippen molar-refractivity contribution >= 4 is 0 Å². The van der Waals surface area contributed by atoms with Crippen LogP contribution in [-0.4, -0.2) is 12.7 Å². The lowest BCUT2D eigenvalue weighted by Gasteiger charge is -2.05. The van der Waals surface area contributed by atoms with Crippen molar-refractivity contribution in [1.29, 1.82) is 0 Å². The maximum atomic E-state index is 5.23. The minimum absolute atomic E-state index is 0.648. The highest BCUT2D eigenvalue weighted by molar-refractivity contribution is 4.68. The third-order valence-electron chi connectivity index (χ3n) is 4.71. The molecule has 0 N–H and O–H groups in total. The summed E-state index contributed by atoms with van der Waals surface area (Å²) in [5.74, 6) is 0.895. The van der Waals surface area contributed by atoms with Crippen molar-refractivity contribution in [2.75, 3.05) is 6.61 Å². The van der Waals surface area contributed by atoms with Gasteiger partial charge in [0.15, 0.2) is 0 Å². The number of unbranched alkanes of at least 4 members (excludes halogenated alkanes) is 12. The minimum Gasteiger partial charge on any atom is -0.373 e. The van der Waals surface area contributed by atoms with Gasteiger partial charge in [-0.15, -0.1) is 0 Å². The highest BCUT2D eigenvalue weighted by Crippen LogP contribution is 2.18. The molecule has 1 aliphatic heterocycles. The van der Waals surface area contributed by atoms with Crippen LogP contribution in [0.25, 0.3) is 0 Å². The van der Waals surface area contributed by atoms with Crippen molar-refractivity contribution < 1.29 is 4.74 Å². The van der Waals surface area contributed by atoms with E-state index in [-0.39, 0.29) is 0 Å². The molecule has 0 aromatic carbocycles. The Morgan fingerprint density at radius 2 is 1.05 bits per heavy atom. The van der Waals surface area contributed by atoms with Gasteiger partial charge >= 0.3 is 0 Å². The van der Waals surface area contributed by atoms with Crippen LogP contribution in [-0.2, 0) is 4.74 Å². The highest BCUT2D eigenvalue weighted by Gasteiger charge is 2.20. The second kappa shape index (κ2) is 13.6. The van der Waals surface area contributed by atoms with Crippen LogP contribution >= 0.6 is 0 Å². The number of ether oxygens (including phenoxy) is 1. The number of hydrogen-bond acceptors (Lipinski definition) is 1. The van der Waals surface area contributed by atoms with Crippen molar-refractivity contribution in [3.05, 3.63) is 0 Å². The molecule has 0 saturated carbocycles. The SMILES string of the molecule is CC(C)CCCCCCCCCCCCCCCC1CO1. The molecule has 1 heterocycles. The van der Waals surface area contributed by atoms with Crippen LogP contribution in [0, 0.1) is 5.92 Å². The molecule has 0 radical (unpaired) electrons. The molecule has 0 bridgehead atoms. The Kier molecular flexibility index (Phi) is 12.3. The first-order valence-corrected chi connectivity index (χ1v) is 9.90. The fourth-order valence-corrected chi connectivity index (χ4v) is 3.10. The van der Waals surface area contributed by atoms with E-state index in [1.54, 1.807) is 0 Å². The Bertz CT molecular complexity index is 194. The third kappa shape index (κ3) is 14.7. The van der Waals surface area contributed by atoms with E-state index in [0.29, 0.717) is 6.10 Å². The zero-order valence-corrected chi connectivity index (χ0v) is 14.9. The average Bonchev–Trinajstić information content (AvgIpc) is 3.27. The largest absolute Gasteiger partial charge is 0.373 e. The van der Waals surface area contributed by atoms with E-state index >= 15 is 0 Å². The third-order valence-corrected chi connectivity index (χ3v) is 4.71. The predicted octanol–water partition coefficient (Wildman–Crippen LogP) is 6.89. The smallest absolute Gasteiger partial charge is 0.0810 e. The lowest BCUT2D eigenvalue weighted by Crippen LogP contribution is -1.87. The molecule has 0 aliphatic carbocycles. The van der Waals surface area contributed by atoms with Gasteiger partial charge in [0, 0.05) is 0 Å². The first kappa shape index (κ1) is 19.0. The molecular weight excluding hydrogens is 256 g/mol. The summed E-state index contributed by atoms with van der Waals surface area (Å²) in [5, 5.41) is 0.